The van der Waals surface area contributed by atoms with Crippen LogP contribution >= 0.6 is 15.9 Å². The zero-order valence-electron chi connectivity index (χ0n) is 11.6. The maximum absolute atomic E-state index is 12.7. The number of nitrogens with zero attached hydrogens (tertiary/aromatic N) is 2. The molecule has 1 aromatic heterocycles. The molecule has 1 fully saturated rings. The van der Waals surface area contributed by atoms with Gasteiger partial charge in [0.25, 0.3) is 0 Å². The van der Waals surface area contributed by atoms with Crippen LogP contribution in [0.4, 0.5) is 5.82 Å². The molecule has 1 aromatic rings. The number of anilines is 1. The van der Waals surface area contributed by atoms with E-state index in [9.17, 15) is 4.79 Å². The van der Waals surface area contributed by atoms with E-state index < -0.39 is 0 Å². The van der Waals surface area contributed by atoms with Gasteiger partial charge in [0.2, 0.25) is 5.91 Å². The van der Waals surface area contributed by atoms with Gasteiger partial charge in [0.1, 0.15) is 5.82 Å². The minimum Gasteiger partial charge on any atom is -0.297 e. The first kappa shape index (κ1) is 13.1. The van der Waals surface area contributed by atoms with E-state index in [4.69, 9.17) is 0 Å². The summed E-state index contributed by atoms with van der Waals surface area (Å²) in [5.74, 6) is 2.79. The molecule has 0 radical (unpaired) electrons. The van der Waals surface area contributed by atoms with Crippen molar-refractivity contribution in [2.75, 3.05) is 11.4 Å². The number of rotatable bonds is 2. The van der Waals surface area contributed by atoms with Gasteiger partial charge in [-0.2, -0.15) is 0 Å². The van der Waals surface area contributed by atoms with Gasteiger partial charge in [0.05, 0.1) is 0 Å². The van der Waals surface area contributed by atoms with Gasteiger partial charge >= 0.3 is 0 Å². The maximum atomic E-state index is 12.7. The van der Waals surface area contributed by atoms with E-state index in [0.29, 0.717) is 24.3 Å². The number of hydrogen-bond donors (Lipinski definition) is 0. The van der Waals surface area contributed by atoms with Crippen molar-refractivity contribution < 1.29 is 4.79 Å². The highest BCUT2D eigenvalue weighted by molar-refractivity contribution is 9.10. The number of pyridine rings is 1. The largest absolute Gasteiger partial charge is 0.297 e. The Balaban J connectivity index is 2.11. The second-order valence-electron chi connectivity index (χ2n) is 5.63. The summed E-state index contributed by atoms with van der Waals surface area (Å²) in [6, 6.07) is 2.15. The molecular weight excluding hydrogens is 304 g/mol. The van der Waals surface area contributed by atoms with Crippen molar-refractivity contribution in [3.63, 3.8) is 0 Å². The molecule has 0 unspecified atom stereocenters. The Bertz CT molecular complexity index is 531. The molecule has 2 heterocycles. The summed E-state index contributed by atoms with van der Waals surface area (Å²) in [4.78, 5) is 19.0. The quantitative estimate of drug-likeness (QED) is 0.833. The lowest BCUT2D eigenvalue weighted by Crippen LogP contribution is -2.56. The van der Waals surface area contributed by atoms with Crippen molar-refractivity contribution in [1.29, 1.82) is 0 Å². The number of amides is 1. The first-order valence-corrected chi connectivity index (χ1v) is 7.86. The van der Waals surface area contributed by atoms with Gasteiger partial charge in [0, 0.05) is 34.6 Å². The van der Waals surface area contributed by atoms with Gasteiger partial charge in [-0.25, -0.2) is 4.98 Å². The zero-order valence-corrected chi connectivity index (χ0v) is 13.1. The number of fused-ring (bicyclic) bond motifs is 3. The number of aromatic nitrogens is 1. The Labute approximate surface area is 122 Å². The second kappa shape index (κ2) is 4.58. The summed E-state index contributed by atoms with van der Waals surface area (Å²) in [5.41, 5.74) is 1.25. The molecule has 3 rings (SSSR count). The van der Waals surface area contributed by atoms with E-state index >= 15 is 0 Å². The lowest BCUT2D eigenvalue weighted by atomic mass is 9.53. The van der Waals surface area contributed by atoms with E-state index in [-0.39, 0.29) is 11.8 Å². The highest BCUT2D eigenvalue weighted by Crippen LogP contribution is 2.58. The average Bonchev–Trinajstić information content (AvgIpc) is 2.38. The fraction of sp³-hybridized carbons (Fsp3) is 0.600. The van der Waals surface area contributed by atoms with Crippen LogP contribution in [0.15, 0.2) is 16.7 Å². The van der Waals surface area contributed by atoms with E-state index in [1.54, 1.807) is 6.20 Å². The van der Waals surface area contributed by atoms with E-state index in [2.05, 4.69) is 40.8 Å². The van der Waals surface area contributed by atoms with Crippen LogP contribution in [0.5, 0.6) is 0 Å². The highest BCUT2D eigenvalue weighted by atomic mass is 79.9. The van der Waals surface area contributed by atoms with E-state index in [1.807, 2.05) is 11.8 Å². The number of halogens is 1. The van der Waals surface area contributed by atoms with Gasteiger partial charge in [-0.3, -0.25) is 9.69 Å². The van der Waals surface area contributed by atoms with Crippen LogP contribution in [0.25, 0.3) is 0 Å². The van der Waals surface area contributed by atoms with E-state index in [1.165, 1.54) is 5.56 Å². The Morgan fingerprint density at radius 3 is 2.74 bits per heavy atom. The molecule has 1 saturated carbocycles. The lowest BCUT2D eigenvalue weighted by Gasteiger charge is -2.54. The van der Waals surface area contributed by atoms with Crippen molar-refractivity contribution in [1.82, 2.24) is 4.98 Å². The van der Waals surface area contributed by atoms with Gasteiger partial charge in [-0.1, -0.05) is 20.3 Å². The molecule has 1 amide bonds. The minimum absolute atomic E-state index is 0.170. The van der Waals surface area contributed by atoms with Crippen LogP contribution in [0, 0.1) is 17.8 Å². The SMILES string of the molecule is CC[C@H]1[C@@H](C)[C@@H]2c3cc(Br)cnc3N(CC)C(=O)[C@H]12. The van der Waals surface area contributed by atoms with E-state index in [0.717, 1.165) is 16.7 Å². The fourth-order valence-corrected chi connectivity index (χ4v) is 4.34. The van der Waals surface area contributed by atoms with Crippen LogP contribution in [-0.2, 0) is 4.79 Å². The van der Waals surface area contributed by atoms with Crippen LogP contribution in [0.2, 0.25) is 0 Å². The fourth-order valence-electron chi connectivity index (χ4n) is 3.99. The van der Waals surface area contributed by atoms with Crippen molar-refractivity contribution in [2.45, 2.75) is 33.1 Å². The molecule has 0 spiro atoms. The predicted molar refractivity (Wildman–Crippen MR) is 79.1 cm³/mol. The van der Waals surface area contributed by atoms with Gasteiger partial charge in [-0.15, -0.1) is 0 Å². The number of carbonyl (C=O) groups is 1. The zero-order chi connectivity index (χ0) is 13.7. The molecule has 0 N–H and O–H groups in total. The number of carbonyl (C=O) groups excluding carboxylic acids is 1. The molecule has 0 saturated heterocycles. The smallest absolute Gasteiger partial charge is 0.232 e. The Morgan fingerprint density at radius 2 is 2.11 bits per heavy atom. The van der Waals surface area contributed by atoms with Crippen LogP contribution in [0.3, 0.4) is 0 Å². The van der Waals surface area contributed by atoms with Crippen molar-refractivity contribution in [3.05, 3.63) is 22.3 Å². The molecule has 4 heteroatoms. The maximum Gasteiger partial charge on any atom is 0.232 e. The van der Waals surface area contributed by atoms with Crippen LogP contribution in [0.1, 0.15) is 38.7 Å². The Kier molecular flexibility index (Phi) is 3.16. The predicted octanol–water partition coefficient (Wildman–Crippen LogP) is 3.59. The third-order valence-corrected chi connectivity index (χ3v) is 5.34. The molecule has 0 bridgehead atoms. The molecule has 102 valence electrons. The molecular formula is C15H19BrN2O. The van der Waals surface area contributed by atoms with Gasteiger partial charge in [0.15, 0.2) is 0 Å². The van der Waals surface area contributed by atoms with Crippen LogP contribution < -0.4 is 4.90 Å². The standard InChI is InChI=1S/C15H19BrN2O/c1-4-10-8(3)12-11-6-9(16)7-17-14(11)18(5-2)15(19)13(10)12/h6-8,10,12-13H,4-5H2,1-3H3/t8-,10+,12-,13-/m1/s1. The molecule has 4 atom stereocenters. The summed E-state index contributed by atoms with van der Waals surface area (Å²) in [7, 11) is 0. The first-order chi connectivity index (χ1) is 9.10. The molecule has 3 nitrogen and oxygen atoms in total. The van der Waals surface area contributed by atoms with Gasteiger partial charge in [-0.05, 0) is 40.8 Å². The van der Waals surface area contributed by atoms with Crippen molar-refractivity contribution in [2.24, 2.45) is 17.8 Å². The summed E-state index contributed by atoms with van der Waals surface area (Å²) in [6.45, 7) is 7.19. The van der Waals surface area contributed by atoms with Crippen LogP contribution in [-0.4, -0.2) is 17.4 Å². The molecule has 2 aliphatic rings. The highest BCUT2D eigenvalue weighted by Gasteiger charge is 2.56. The van der Waals surface area contributed by atoms with Gasteiger partial charge < -0.3 is 0 Å². The normalized spacial score (nSPS) is 32.6. The topological polar surface area (TPSA) is 33.2 Å². The second-order valence-corrected chi connectivity index (χ2v) is 6.55. The molecule has 1 aliphatic heterocycles. The molecule has 1 aliphatic carbocycles. The third kappa shape index (κ3) is 1.69. The lowest BCUT2D eigenvalue weighted by molar-refractivity contribution is -0.133. The van der Waals surface area contributed by atoms with Crippen molar-refractivity contribution >= 4 is 27.7 Å². The third-order valence-electron chi connectivity index (χ3n) is 4.91. The summed E-state index contributed by atoms with van der Waals surface area (Å²) in [6.07, 6.45) is 2.87. The first-order valence-electron chi connectivity index (χ1n) is 7.06. The Morgan fingerprint density at radius 1 is 1.37 bits per heavy atom. The summed E-state index contributed by atoms with van der Waals surface area (Å²) in [5, 5.41) is 0. The average molecular weight is 323 g/mol. The molecule has 0 aromatic carbocycles. The van der Waals surface area contributed by atoms with Crippen molar-refractivity contribution in [3.8, 4) is 0 Å². The Hall–Kier alpha value is -0.900. The summed E-state index contributed by atoms with van der Waals surface area (Å²) < 4.78 is 1.00. The summed E-state index contributed by atoms with van der Waals surface area (Å²) >= 11 is 3.51. The number of hydrogen-bond acceptors (Lipinski definition) is 2. The molecule has 19 heavy (non-hydrogen) atoms. The minimum atomic E-state index is 0.170. The monoisotopic (exact) mass is 322 g/mol.